The van der Waals surface area contributed by atoms with Gasteiger partial charge in [0.05, 0.1) is 17.9 Å². The predicted octanol–water partition coefficient (Wildman–Crippen LogP) is 1.78. The van der Waals surface area contributed by atoms with Crippen molar-refractivity contribution in [2.75, 3.05) is 24.6 Å². The minimum Gasteiger partial charge on any atom is -0.370 e. The average molecular weight is 421 g/mol. The van der Waals surface area contributed by atoms with Gasteiger partial charge in [0.25, 0.3) is 0 Å². The van der Waals surface area contributed by atoms with Crippen molar-refractivity contribution in [3.63, 3.8) is 0 Å². The zero-order valence-corrected chi connectivity index (χ0v) is 15.7. The van der Waals surface area contributed by atoms with E-state index in [1.165, 1.54) is 29.8 Å². The summed E-state index contributed by atoms with van der Waals surface area (Å²) in [5, 5.41) is 4.63. The molecule has 1 fully saturated rings. The van der Waals surface area contributed by atoms with Crippen molar-refractivity contribution < 1.29 is 0 Å². The first-order chi connectivity index (χ1) is 9.75. The van der Waals surface area contributed by atoms with Crippen LogP contribution in [0.1, 0.15) is 29.8 Å². The van der Waals surface area contributed by atoms with E-state index >= 15 is 0 Å². The molecule has 118 valence electrons. The van der Waals surface area contributed by atoms with E-state index in [0.717, 1.165) is 37.4 Å². The monoisotopic (exact) mass is 421 g/mol. The summed E-state index contributed by atoms with van der Waals surface area (Å²) in [5.74, 6) is 2.99. The van der Waals surface area contributed by atoms with Crippen LogP contribution >= 0.6 is 35.7 Å². The van der Waals surface area contributed by atoms with Crippen LogP contribution in [0.15, 0.2) is 4.99 Å². The second-order valence-electron chi connectivity index (χ2n) is 5.48. The Hall–Kier alpha value is -0.440. The molecule has 0 bridgehead atoms. The minimum atomic E-state index is 0. The van der Waals surface area contributed by atoms with Gasteiger partial charge in [-0.1, -0.05) is 0 Å². The summed E-state index contributed by atoms with van der Waals surface area (Å²) in [6.07, 6.45) is 4.80. The third kappa shape index (κ3) is 3.85. The molecule has 0 atom stereocenters. The molecule has 2 N–H and O–H groups in total. The lowest BCUT2D eigenvalue weighted by atomic mass is 9.96. The highest BCUT2D eigenvalue weighted by atomic mass is 127. The van der Waals surface area contributed by atoms with Crippen molar-refractivity contribution in [1.29, 1.82) is 0 Å². The highest BCUT2D eigenvalue weighted by molar-refractivity contribution is 14.0. The SMILES string of the molecule is Cn1nc2c(c1CN=C(N)N1CCSCC1)CCCC2.I. The molecule has 0 spiro atoms. The predicted molar refractivity (Wildman–Crippen MR) is 99.5 cm³/mol. The molecule has 0 saturated carbocycles. The first-order valence-corrected chi connectivity index (χ1v) is 8.57. The van der Waals surface area contributed by atoms with Crippen molar-refractivity contribution in [2.24, 2.45) is 17.8 Å². The largest absolute Gasteiger partial charge is 0.370 e. The molecule has 1 saturated heterocycles. The van der Waals surface area contributed by atoms with Crippen molar-refractivity contribution in [2.45, 2.75) is 32.2 Å². The zero-order chi connectivity index (χ0) is 13.9. The van der Waals surface area contributed by atoms with Crippen LogP contribution in [0.4, 0.5) is 0 Å². The fraction of sp³-hybridized carbons (Fsp3) is 0.714. The van der Waals surface area contributed by atoms with E-state index < -0.39 is 0 Å². The van der Waals surface area contributed by atoms with E-state index in [2.05, 4.69) is 15.0 Å². The van der Waals surface area contributed by atoms with Gasteiger partial charge in [-0.25, -0.2) is 4.99 Å². The number of guanidine groups is 1. The number of nitrogens with two attached hydrogens (primary N) is 1. The van der Waals surface area contributed by atoms with E-state index in [-0.39, 0.29) is 24.0 Å². The lowest BCUT2D eigenvalue weighted by molar-refractivity contribution is 0.455. The Balaban J connectivity index is 0.00000161. The summed E-state index contributed by atoms with van der Waals surface area (Å²) in [6.45, 7) is 2.70. The lowest BCUT2D eigenvalue weighted by Gasteiger charge is -2.27. The van der Waals surface area contributed by atoms with Crippen LogP contribution in [0, 0.1) is 0 Å². The molecule has 0 radical (unpaired) electrons. The number of nitrogens with zero attached hydrogens (tertiary/aromatic N) is 4. The summed E-state index contributed by atoms with van der Waals surface area (Å²) in [6, 6.07) is 0. The Labute approximate surface area is 147 Å². The smallest absolute Gasteiger partial charge is 0.191 e. The summed E-state index contributed by atoms with van der Waals surface area (Å²) >= 11 is 1.99. The van der Waals surface area contributed by atoms with E-state index in [4.69, 9.17) is 5.73 Å². The first-order valence-electron chi connectivity index (χ1n) is 7.42. The van der Waals surface area contributed by atoms with Gasteiger partial charge < -0.3 is 10.6 Å². The average Bonchev–Trinajstić information content (AvgIpc) is 2.81. The topological polar surface area (TPSA) is 59.4 Å². The van der Waals surface area contributed by atoms with Crippen molar-refractivity contribution >= 4 is 41.7 Å². The molecule has 0 amide bonds. The normalized spacial score (nSPS) is 19.1. The van der Waals surface area contributed by atoms with Crippen molar-refractivity contribution in [1.82, 2.24) is 14.7 Å². The van der Waals surface area contributed by atoms with Gasteiger partial charge in [0.2, 0.25) is 0 Å². The molecular formula is C14H24IN5S. The van der Waals surface area contributed by atoms with Gasteiger partial charge in [-0.2, -0.15) is 16.9 Å². The molecule has 3 rings (SSSR count). The Morgan fingerprint density at radius 2 is 2.00 bits per heavy atom. The molecule has 0 aromatic carbocycles. The maximum Gasteiger partial charge on any atom is 0.191 e. The number of hydrogen-bond donors (Lipinski definition) is 1. The van der Waals surface area contributed by atoms with Crippen LogP contribution in [0.3, 0.4) is 0 Å². The van der Waals surface area contributed by atoms with Gasteiger partial charge in [0.15, 0.2) is 5.96 Å². The third-order valence-electron chi connectivity index (χ3n) is 4.17. The quantitative estimate of drug-likeness (QED) is 0.450. The van der Waals surface area contributed by atoms with Gasteiger partial charge in [0.1, 0.15) is 0 Å². The van der Waals surface area contributed by atoms with E-state index in [1.54, 1.807) is 0 Å². The molecule has 1 aromatic rings. The number of hydrogen-bond acceptors (Lipinski definition) is 3. The van der Waals surface area contributed by atoms with Crippen LogP contribution in [0.5, 0.6) is 0 Å². The number of aryl methyl sites for hydroxylation is 2. The first kappa shape index (κ1) is 16.9. The molecule has 1 aromatic heterocycles. The Bertz CT molecular complexity index is 508. The maximum absolute atomic E-state index is 6.13. The van der Waals surface area contributed by atoms with E-state index in [0.29, 0.717) is 12.5 Å². The number of aliphatic imine (C=N–C) groups is 1. The van der Waals surface area contributed by atoms with Crippen LogP contribution in [0.2, 0.25) is 0 Å². The maximum atomic E-state index is 6.13. The van der Waals surface area contributed by atoms with Gasteiger partial charge in [-0.3, -0.25) is 4.68 Å². The van der Waals surface area contributed by atoms with E-state index in [9.17, 15) is 0 Å². The fourth-order valence-corrected chi connectivity index (χ4v) is 3.90. The number of rotatable bonds is 2. The fourth-order valence-electron chi connectivity index (χ4n) is 2.99. The second kappa shape index (κ2) is 7.71. The molecular weight excluding hydrogens is 397 g/mol. The molecule has 0 unspecified atom stereocenters. The van der Waals surface area contributed by atoms with Gasteiger partial charge in [-0.05, 0) is 31.2 Å². The molecule has 1 aliphatic heterocycles. The Morgan fingerprint density at radius 3 is 2.76 bits per heavy atom. The molecule has 21 heavy (non-hydrogen) atoms. The molecule has 1 aliphatic carbocycles. The standard InChI is InChI=1S/C14H23N5S.HI/c1-18-13(11-4-2-3-5-12(11)17-18)10-16-14(15)19-6-8-20-9-7-19;/h2-10H2,1H3,(H2,15,16);1H. The number of aromatic nitrogens is 2. The third-order valence-corrected chi connectivity index (χ3v) is 5.12. The van der Waals surface area contributed by atoms with Gasteiger partial charge >= 0.3 is 0 Å². The van der Waals surface area contributed by atoms with Crippen LogP contribution in [-0.4, -0.2) is 45.2 Å². The van der Waals surface area contributed by atoms with Crippen molar-refractivity contribution in [3.05, 3.63) is 17.0 Å². The van der Waals surface area contributed by atoms with Crippen LogP contribution in [-0.2, 0) is 26.4 Å². The highest BCUT2D eigenvalue weighted by Gasteiger charge is 2.19. The molecule has 5 nitrogen and oxygen atoms in total. The number of fused-ring (bicyclic) bond motifs is 1. The molecule has 2 heterocycles. The minimum absolute atomic E-state index is 0. The number of halogens is 1. The summed E-state index contributed by atoms with van der Waals surface area (Å²) in [5.41, 5.74) is 10.1. The Kier molecular flexibility index (Phi) is 6.21. The highest BCUT2D eigenvalue weighted by Crippen LogP contribution is 2.24. The van der Waals surface area contributed by atoms with Crippen LogP contribution < -0.4 is 5.73 Å². The van der Waals surface area contributed by atoms with E-state index in [1.807, 2.05) is 23.5 Å². The molecule has 2 aliphatic rings. The molecule has 7 heteroatoms. The van der Waals surface area contributed by atoms with Crippen LogP contribution in [0.25, 0.3) is 0 Å². The van der Waals surface area contributed by atoms with Crippen molar-refractivity contribution in [3.8, 4) is 0 Å². The van der Waals surface area contributed by atoms with Gasteiger partial charge in [0, 0.05) is 31.6 Å². The summed E-state index contributed by atoms with van der Waals surface area (Å²) in [7, 11) is 2.02. The number of thioether (sulfide) groups is 1. The summed E-state index contributed by atoms with van der Waals surface area (Å²) < 4.78 is 2.00. The van der Waals surface area contributed by atoms with Gasteiger partial charge in [-0.15, -0.1) is 24.0 Å². The zero-order valence-electron chi connectivity index (χ0n) is 12.5. The second-order valence-corrected chi connectivity index (χ2v) is 6.70. The summed E-state index contributed by atoms with van der Waals surface area (Å²) in [4.78, 5) is 6.80. The lowest BCUT2D eigenvalue weighted by Crippen LogP contribution is -2.42. The Morgan fingerprint density at radius 1 is 1.29 bits per heavy atom.